The van der Waals surface area contributed by atoms with Crippen LogP contribution in [-0.2, 0) is 9.84 Å². The summed E-state index contributed by atoms with van der Waals surface area (Å²) in [6.07, 6.45) is 1.13. The summed E-state index contributed by atoms with van der Waals surface area (Å²) >= 11 is 7.57. The number of nitro groups is 1. The van der Waals surface area contributed by atoms with E-state index in [2.05, 4.69) is 15.6 Å². The van der Waals surface area contributed by atoms with Gasteiger partial charge in [-0.25, -0.2) is 13.4 Å². The number of thiocarbonyl (C=S) groups is 1. The van der Waals surface area contributed by atoms with E-state index in [-0.39, 0.29) is 15.7 Å². The highest BCUT2D eigenvalue weighted by Gasteiger charge is 2.16. The molecule has 4 aromatic rings. The molecule has 2 heterocycles. The minimum absolute atomic E-state index is 0.0239. The Morgan fingerprint density at radius 2 is 1.90 bits per heavy atom. The lowest BCUT2D eigenvalue weighted by molar-refractivity contribution is -0.384. The number of hydrogen-bond donors (Lipinski definition) is 2. The fraction of sp³-hybridized carbons (Fsp3) is 0.0556. The second-order valence-electron chi connectivity index (χ2n) is 6.42. The number of benzene rings is 2. The van der Waals surface area contributed by atoms with Crippen molar-refractivity contribution in [2.75, 3.05) is 11.6 Å². The third-order valence-electron chi connectivity index (χ3n) is 4.17. The van der Waals surface area contributed by atoms with Crippen molar-refractivity contribution in [1.82, 2.24) is 10.3 Å². The van der Waals surface area contributed by atoms with Crippen LogP contribution in [0.5, 0.6) is 0 Å². The SMILES string of the molecule is CS(=O)(=O)c1ccc2nc(NC(=S)NC(=O)c3cc4cc([N+](=O)[O-])ccc4s3)sc2c1. The third kappa shape index (κ3) is 4.54. The van der Waals surface area contributed by atoms with E-state index in [1.807, 2.05) is 0 Å². The number of thiophene rings is 1. The first-order valence-corrected chi connectivity index (χ1v) is 12.4. The van der Waals surface area contributed by atoms with Gasteiger partial charge in [0, 0.05) is 28.5 Å². The second kappa shape index (κ2) is 7.92. The van der Waals surface area contributed by atoms with Gasteiger partial charge in [0.15, 0.2) is 20.1 Å². The summed E-state index contributed by atoms with van der Waals surface area (Å²) in [6.45, 7) is 0. The first-order valence-electron chi connectivity index (χ1n) is 8.51. The minimum Gasteiger partial charge on any atom is -0.308 e. The van der Waals surface area contributed by atoms with Crippen molar-refractivity contribution in [3.8, 4) is 0 Å². The topological polar surface area (TPSA) is 131 Å². The van der Waals surface area contributed by atoms with Crippen molar-refractivity contribution in [2.45, 2.75) is 4.90 Å². The lowest BCUT2D eigenvalue weighted by Gasteiger charge is -2.05. The van der Waals surface area contributed by atoms with Gasteiger partial charge in [-0.05, 0) is 42.5 Å². The molecule has 158 valence electrons. The molecule has 0 saturated carbocycles. The Bertz CT molecular complexity index is 1490. The van der Waals surface area contributed by atoms with Gasteiger partial charge in [0.05, 0.1) is 24.9 Å². The number of thiazole rings is 1. The number of nitro benzene ring substituents is 1. The van der Waals surface area contributed by atoms with E-state index in [0.29, 0.717) is 25.6 Å². The number of nitrogens with zero attached hydrogens (tertiary/aromatic N) is 2. The number of anilines is 1. The number of nitrogens with one attached hydrogen (secondary N) is 2. The molecule has 0 aliphatic heterocycles. The van der Waals surface area contributed by atoms with Crippen molar-refractivity contribution >= 4 is 86.9 Å². The lowest BCUT2D eigenvalue weighted by Crippen LogP contribution is -2.33. The Morgan fingerprint density at radius 1 is 1.13 bits per heavy atom. The van der Waals surface area contributed by atoms with Gasteiger partial charge in [-0.15, -0.1) is 11.3 Å². The van der Waals surface area contributed by atoms with Crippen LogP contribution in [0.1, 0.15) is 9.67 Å². The van der Waals surface area contributed by atoms with Crippen LogP contribution in [0.15, 0.2) is 47.4 Å². The molecule has 9 nitrogen and oxygen atoms in total. The number of non-ortho nitro benzene ring substituents is 1. The third-order valence-corrected chi connectivity index (χ3v) is 7.53. The Morgan fingerprint density at radius 3 is 2.61 bits per heavy atom. The van der Waals surface area contributed by atoms with Crippen LogP contribution in [-0.4, -0.2) is 35.6 Å². The highest BCUT2D eigenvalue weighted by molar-refractivity contribution is 7.90. The van der Waals surface area contributed by atoms with Gasteiger partial charge in [-0.3, -0.25) is 20.2 Å². The zero-order valence-electron chi connectivity index (χ0n) is 15.6. The van der Waals surface area contributed by atoms with Crippen molar-refractivity contribution in [1.29, 1.82) is 0 Å². The van der Waals surface area contributed by atoms with E-state index in [4.69, 9.17) is 12.2 Å². The van der Waals surface area contributed by atoms with Gasteiger partial charge in [0.1, 0.15) is 0 Å². The molecule has 31 heavy (non-hydrogen) atoms. The maximum Gasteiger partial charge on any atom is 0.270 e. The average Bonchev–Trinajstić information content (AvgIpc) is 3.28. The first-order chi connectivity index (χ1) is 14.6. The molecule has 0 fully saturated rings. The molecule has 13 heteroatoms. The number of sulfone groups is 1. The molecule has 2 aromatic carbocycles. The standard InChI is InChI=1S/C18H12N4O5S4/c1-31(26,27)11-3-4-12-14(8-11)30-18(19-12)21-17(28)20-16(23)15-7-9-6-10(22(24)25)2-5-13(9)29-15/h2-8H,1H3,(H2,19,20,21,23,28). The maximum absolute atomic E-state index is 12.5. The molecule has 0 spiro atoms. The molecule has 1 amide bonds. The Kier molecular flexibility index (Phi) is 5.43. The summed E-state index contributed by atoms with van der Waals surface area (Å²) in [7, 11) is -3.33. The molecular formula is C18H12N4O5S4. The summed E-state index contributed by atoms with van der Waals surface area (Å²) in [5, 5.41) is 17.3. The lowest BCUT2D eigenvalue weighted by atomic mass is 10.2. The fourth-order valence-electron chi connectivity index (χ4n) is 2.74. The number of hydrogen-bond acceptors (Lipinski definition) is 9. The molecule has 0 bridgehead atoms. The largest absolute Gasteiger partial charge is 0.308 e. The van der Waals surface area contributed by atoms with Gasteiger partial charge in [-0.2, -0.15) is 0 Å². The maximum atomic E-state index is 12.5. The molecule has 0 unspecified atom stereocenters. The van der Waals surface area contributed by atoms with Crippen LogP contribution in [0.2, 0.25) is 0 Å². The van der Waals surface area contributed by atoms with Gasteiger partial charge in [0.2, 0.25) is 0 Å². The summed E-state index contributed by atoms with van der Waals surface area (Å²) in [6, 6.07) is 10.6. The molecular weight excluding hydrogens is 480 g/mol. The highest BCUT2D eigenvalue weighted by atomic mass is 32.2. The highest BCUT2D eigenvalue weighted by Crippen LogP contribution is 2.30. The summed E-state index contributed by atoms with van der Waals surface area (Å²) in [4.78, 5) is 27.8. The van der Waals surface area contributed by atoms with Crippen LogP contribution < -0.4 is 10.6 Å². The van der Waals surface area contributed by atoms with Crippen molar-refractivity contribution in [3.63, 3.8) is 0 Å². The molecule has 0 atom stereocenters. The van der Waals surface area contributed by atoms with E-state index in [1.165, 1.54) is 46.9 Å². The Balaban J connectivity index is 1.48. The van der Waals surface area contributed by atoms with Gasteiger partial charge in [0.25, 0.3) is 11.6 Å². The quantitative estimate of drug-likeness (QED) is 0.249. The predicted octanol–water partition coefficient (Wildman–Crippen LogP) is 3.95. The number of carbonyl (C=O) groups excluding carboxylic acids is 1. The van der Waals surface area contributed by atoms with Crippen LogP contribution in [0.4, 0.5) is 10.8 Å². The monoisotopic (exact) mass is 492 g/mol. The summed E-state index contributed by atoms with van der Waals surface area (Å²) < 4.78 is 24.8. The first kappa shape index (κ1) is 21.2. The number of aromatic nitrogens is 1. The summed E-state index contributed by atoms with van der Waals surface area (Å²) in [5.74, 6) is -0.457. The van der Waals surface area contributed by atoms with Crippen molar-refractivity contribution in [3.05, 3.63) is 57.5 Å². The predicted molar refractivity (Wildman–Crippen MR) is 125 cm³/mol. The molecule has 2 aromatic heterocycles. The second-order valence-corrected chi connectivity index (χ2v) is 11.0. The van der Waals surface area contributed by atoms with Gasteiger partial charge < -0.3 is 5.32 Å². The molecule has 0 radical (unpaired) electrons. The molecule has 0 aliphatic rings. The van der Waals surface area contributed by atoms with Crippen LogP contribution in [0, 0.1) is 10.1 Å². The van der Waals surface area contributed by atoms with E-state index in [9.17, 15) is 23.3 Å². The minimum atomic E-state index is -3.33. The number of carbonyl (C=O) groups is 1. The van der Waals surface area contributed by atoms with Gasteiger partial charge >= 0.3 is 0 Å². The van der Waals surface area contributed by atoms with Gasteiger partial charge in [-0.1, -0.05) is 11.3 Å². The number of amides is 1. The van der Waals surface area contributed by atoms with E-state index >= 15 is 0 Å². The smallest absolute Gasteiger partial charge is 0.270 e. The van der Waals surface area contributed by atoms with E-state index < -0.39 is 20.7 Å². The van der Waals surface area contributed by atoms with Crippen LogP contribution in [0.25, 0.3) is 20.3 Å². The van der Waals surface area contributed by atoms with Crippen molar-refractivity contribution < 1.29 is 18.1 Å². The number of rotatable bonds is 4. The zero-order valence-corrected chi connectivity index (χ0v) is 18.9. The average molecular weight is 493 g/mol. The van der Waals surface area contributed by atoms with E-state index in [1.54, 1.807) is 18.2 Å². The van der Waals surface area contributed by atoms with Crippen LogP contribution >= 0.6 is 34.9 Å². The Hall–Kier alpha value is -3.00. The summed E-state index contributed by atoms with van der Waals surface area (Å²) in [5.41, 5.74) is 0.546. The normalized spacial score (nSPS) is 11.5. The number of fused-ring (bicyclic) bond motifs is 2. The zero-order chi connectivity index (χ0) is 22.3. The molecule has 2 N–H and O–H groups in total. The molecule has 4 rings (SSSR count). The van der Waals surface area contributed by atoms with Crippen LogP contribution in [0.3, 0.4) is 0 Å². The van der Waals surface area contributed by atoms with Crippen molar-refractivity contribution in [2.24, 2.45) is 0 Å². The molecule has 0 aliphatic carbocycles. The van der Waals surface area contributed by atoms with E-state index in [0.717, 1.165) is 11.0 Å². The molecule has 0 saturated heterocycles. The Labute approximate surface area is 188 Å². The fourth-order valence-corrected chi connectivity index (χ4v) is 5.56.